The first-order valence-electron chi connectivity index (χ1n) is 9.08. The molecule has 0 unspecified atom stereocenters. The molecule has 0 atom stereocenters. The number of thiazole rings is 1. The minimum atomic E-state index is 0.363. The van der Waals surface area contributed by atoms with Gasteiger partial charge in [-0.05, 0) is 24.3 Å². The zero-order valence-electron chi connectivity index (χ0n) is 16.9. The summed E-state index contributed by atoms with van der Waals surface area (Å²) in [6.07, 6.45) is 0. The van der Waals surface area contributed by atoms with Gasteiger partial charge in [0, 0.05) is 27.3 Å². The Morgan fingerprint density at radius 3 is 2.32 bits per heavy atom. The van der Waals surface area contributed by atoms with Crippen molar-refractivity contribution in [2.75, 3.05) is 21.3 Å². The van der Waals surface area contributed by atoms with Crippen LogP contribution in [0.2, 0.25) is 5.02 Å². The fourth-order valence-corrected chi connectivity index (χ4v) is 4.54. The fourth-order valence-electron chi connectivity index (χ4n) is 2.82. The number of thioether (sulfide) groups is 1. The van der Waals surface area contributed by atoms with Crippen molar-refractivity contribution in [1.82, 2.24) is 15.2 Å². The summed E-state index contributed by atoms with van der Waals surface area (Å²) < 4.78 is 21.9. The lowest BCUT2D eigenvalue weighted by Crippen LogP contribution is -1.95. The van der Waals surface area contributed by atoms with Gasteiger partial charge in [0.05, 0.1) is 27.0 Å². The van der Waals surface area contributed by atoms with Gasteiger partial charge in [-0.1, -0.05) is 35.5 Å². The van der Waals surface area contributed by atoms with Crippen LogP contribution in [0.15, 0.2) is 51.4 Å². The molecule has 2 aromatic heterocycles. The lowest BCUT2D eigenvalue weighted by atomic mass is 10.2. The molecular formula is C21H18ClN3O4S2. The Balaban J connectivity index is 1.47. The van der Waals surface area contributed by atoms with Crippen LogP contribution in [0.25, 0.3) is 22.0 Å². The molecule has 0 aliphatic heterocycles. The van der Waals surface area contributed by atoms with Crippen molar-refractivity contribution >= 4 is 34.7 Å². The lowest BCUT2D eigenvalue weighted by Gasteiger charge is -2.12. The number of rotatable bonds is 8. The van der Waals surface area contributed by atoms with Gasteiger partial charge >= 0.3 is 0 Å². The van der Waals surface area contributed by atoms with E-state index in [1.54, 1.807) is 44.8 Å². The number of hydrogen-bond donors (Lipinski definition) is 0. The summed E-state index contributed by atoms with van der Waals surface area (Å²) in [5.74, 6) is 2.51. The highest BCUT2D eigenvalue weighted by Gasteiger charge is 2.18. The predicted molar refractivity (Wildman–Crippen MR) is 122 cm³/mol. The van der Waals surface area contributed by atoms with Gasteiger partial charge < -0.3 is 18.6 Å². The zero-order chi connectivity index (χ0) is 21.8. The SMILES string of the molecule is COc1cc(-c2nnc(SCc3csc(-c4ccc(Cl)cc4)n3)o2)cc(OC)c1OC. The first kappa shape index (κ1) is 21.5. The van der Waals surface area contributed by atoms with Crippen LogP contribution in [-0.2, 0) is 5.75 Å². The quantitative estimate of drug-likeness (QED) is 0.294. The van der Waals surface area contributed by atoms with E-state index in [9.17, 15) is 0 Å². The van der Waals surface area contributed by atoms with Crippen LogP contribution in [-0.4, -0.2) is 36.5 Å². The maximum absolute atomic E-state index is 5.95. The second kappa shape index (κ2) is 9.59. The fraction of sp³-hybridized carbons (Fsp3) is 0.190. The zero-order valence-corrected chi connectivity index (χ0v) is 19.3. The topological polar surface area (TPSA) is 79.5 Å². The minimum absolute atomic E-state index is 0.363. The van der Waals surface area contributed by atoms with Crippen LogP contribution in [0, 0.1) is 0 Å². The number of methoxy groups -OCH3 is 3. The average molecular weight is 476 g/mol. The maximum Gasteiger partial charge on any atom is 0.277 e. The molecular weight excluding hydrogens is 458 g/mol. The van der Waals surface area contributed by atoms with E-state index in [-0.39, 0.29) is 0 Å². The summed E-state index contributed by atoms with van der Waals surface area (Å²) in [5.41, 5.74) is 2.65. The van der Waals surface area contributed by atoms with Gasteiger partial charge in [-0.25, -0.2) is 4.98 Å². The van der Waals surface area contributed by atoms with Crippen molar-refractivity contribution in [3.63, 3.8) is 0 Å². The molecule has 10 heteroatoms. The molecule has 0 spiro atoms. The number of benzene rings is 2. The van der Waals surface area contributed by atoms with E-state index >= 15 is 0 Å². The summed E-state index contributed by atoms with van der Waals surface area (Å²) in [7, 11) is 4.67. The molecule has 0 N–H and O–H groups in total. The molecule has 31 heavy (non-hydrogen) atoms. The molecule has 160 valence electrons. The normalized spacial score (nSPS) is 10.8. The Morgan fingerprint density at radius 2 is 1.68 bits per heavy atom. The summed E-state index contributed by atoms with van der Waals surface area (Å²) in [5, 5.41) is 12.4. The van der Waals surface area contributed by atoms with E-state index in [1.807, 2.05) is 29.6 Å². The third kappa shape index (κ3) is 4.79. The second-order valence-corrected chi connectivity index (χ2v) is 8.45. The number of halogens is 1. The number of hydrogen-bond acceptors (Lipinski definition) is 9. The van der Waals surface area contributed by atoms with Gasteiger partial charge in [-0.15, -0.1) is 21.5 Å². The highest BCUT2D eigenvalue weighted by molar-refractivity contribution is 7.98. The van der Waals surface area contributed by atoms with E-state index in [1.165, 1.54) is 11.8 Å². The van der Waals surface area contributed by atoms with Gasteiger partial charge in [0.1, 0.15) is 5.01 Å². The number of nitrogens with zero attached hydrogens (tertiary/aromatic N) is 3. The molecule has 0 radical (unpaired) electrons. The first-order valence-corrected chi connectivity index (χ1v) is 11.3. The van der Waals surface area contributed by atoms with Crippen LogP contribution in [0.5, 0.6) is 17.2 Å². The molecule has 2 heterocycles. The highest BCUT2D eigenvalue weighted by Crippen LogP contribution is 2.41. The second-order valence-electron chi connectivity index (χ2n) is 6.23. The van der Waals surface area contributed by atoms with E-state index in [4.69, 9.17) is 30.2 Å². The van der Waals surface area contributed by atoms with Crippen LogP contribution in [0.3, 0.4) is 0 Å². The monoisotopic (exact) mass is 475 g/mol. The van der Waals surface area contributed by atoms with Crippen LogP contribution < -0.4 is 14.2 Å². The molecule has 0 aliphatic carbocycles. The number of aromatic nitrogens is 3. The Bertz CT molecular complexity index is 1150. The molecule has 0 saturated carbocycles. The Labute approximate surface area is 192 Å². The van der Waals surface area contributed by atoms with Gasteiger partial charge in [0.25, 0.3) is 5.22 Å². The van der Waals surface area contributed by atoms with Crippen molar-refractivity contribution in [3.05, 3.63) is 52.5 Å². The van der Waals surface area contributed by atoms with Crippen LogP contribution >= 0.6 is 34.7 Å². The third-order valence-corrected chi connectivity index (χ3v) is 6.35. The van der Waals surface area contributed by atoms with Crippen LogP contribution in [0.1, 0.15) is 5.69 Å². The summed E-state index contributed by atoms with van der Waals surface area (Å²) in [6, 6.07) is 11.2. The average Bonchev–Trinajstić information content (AvgIpc) is 3.47. The van der Waals surface area contributed by atoms with E-state index in [2.05, 4.69) is 15.2 Å². The molecule has 7 nitrogen and oxygen atoms in total. The van der Waals surface area contributed by atoms with Gasteiger partial charge in [0.2, 0.25) is 11.6 Å². The largest absolute Gasteiger partial charge is 0.493 e. The third-order valence-electron chi connectivity index (χ3n) is 4.30. The maximum atomic E-state index is 5.95. The van der Waals surface area contributed by atoms with E-state index in [0.717, 1.165) is 16.3 Å². The standard InChI is InChI=1S/C21H18ClN3O4S2/c1-26-16-8-13(9-17(27-2)18(16)28-3)19-24-25-21(29-19)31-11-15-10-30-20(23-15)12-4-6-14(22)7-5-12/h4-10H,11H2,1-3H3. The molecule has 2 aromatic carbocycles. The summed E-state index contributed by atoms with van der Waals surface area (Å²) in [6.45, 7) is 0. The minimum Gasteiger partial charge on any atom is -0.493 e. The Morgan fingerprint density at radius 1 is 0.968 bits per heavy atom. The summed E-state index contributed by atoms with van der Waals surface area (Å²) in [4.78, 5) is 4.67. The lowest BCUT2D eigenvalue weighted by molar-refractivity contribution is 0.324. The summed E-state index contributed by atoms with van der Waals surface area (Å²) >= 11 is 8.96. The van der Waals surface area contributed by atoms with Crippen molar-refractivity contribution < 1.29 is 18.6 Å². The van der Waals surface area contributed by atoms with Crippen LogP contribution in [0.4, 0.5) is 0 Å². The van der Waals surface area contributed by atoms with Crippen molar-refractivity contribution in [3.8, 4) is 39.3 Å². The molecule has 4 rings (SSSR count). The molecule has 0 aliphatic rings. The smallest absolute Gasteiger partial charge is 0.277 e. The Hall–Kier alpha value is -2.75. The molecule has 0 saturated heterocycles. The first-order chi connectivity index (χ1) is 15.1. The highest BCUT2D eigenvalue weighted by atomic mass is 35.5. The Kier molecular flexibility index (Phi) is 6.64. The van der Waals surface area contributed by atoms with Crippen molar-refractivity contribution in [2.45, 2.75) is 11.0 Å². The van der Waals surface area contributed by atoms with E-state index < -0.39 is 0 Å². The van der Waals surface area contributed by atoms with E-state index in [0.29, 0.717) is 44.7 Å². The molecule has 0 amide bonds. The van der Waals surface area contributed by atoms with Gasteiger partial charge in [-0.3, -0.25) is 0 Å². The van der Waals surface area contributed by atoms with Crippen molar-refractivity contribution in [2.24, 2.45) is 0 Å². The van der Waals surface area contributed by atoms with Crippen molar-refractivity contribution in [1.29, 1.82) is 0 Å². The number of ether oxygens (including phenoxy) is 3. The van der Waals surface area contributed by atoms with Gasteiger partial charge in [-0.2, -0.15) is 0 Å². The molecule has 0 fully saturated rings. The predicted octanol–water partition coefficient (Wildman–Crippen LogP) is 5.83. The van der Waals surface area contributed by atoms with Gasteiger partial charge in [0.15, 0.2) is 11.5 Å². The molecule has 0 bridgehead atoms. The molecule has 4 aromatic rings.